The Bertz CT molecular complexity index is 1380. The second-order valence-electron chi connectivity index (χ2n) is 12.0. The predicted molar refractivity (Wildman–Crippen MR) is 153 cm³/mol. The molecule has 1 aromatic heterocycles. The highest BCUT2D eigenvalue weighted by Gasteiger charge is 2.62. The number of fused-ring (bicyclic) bond motifs is 7. The molecule has 2 fully saturated rings. The summed E-state index contributed by atoms with van der Waals surface area (Å²) in [5, 5.41) is 0.937. The first-order valence-corrected chi connectivity index (χ1v) is 14.1. The predicted octanol–water partition coefficient (Wildman–Crippen LogP) is 7.86. The van der Waals surface area contributed by atoms with Gasteiger partial charge in [-0.3, -0.25) is 9.59 Å². The van der Waals surface area contributed by atoms with Gasteiger partial charge in [-0.25, -0.2) is 0 Å². The Morgan fingerprint density at radius 2 is 1.79 bits per heavy atom. The highest BCUT2D eigenvalue weighted by Crippen LogP contribution is 2.66. The minimum atomic E-state index is -0.596. The van der Waals surface area contributed by atoms with E-state index >= 15 is 0 Å². The van der Waals surface area contributed by atoms with Gasteiger partial charge in [0.1, 0.15) is 12.0 Å². The van der Waals surface area contributed by atoms with Crippen LogP contribution in [0.2, 0.25) is 0 Å². The standard InChI is InChI=1S/C27H26ClNO3.C5H12O/c1-32-18-8-10-19-21(12-18)22-13-27(22,26(28)31)15-29-23-11-16(14-30)7-9-20(23)24(25(19)29)17-5-3-2-4-6-17;1-5(2,3)6-4/h7-12,14,17,22H,2-6,13,15H2,1H3;1-4H3. The number of halogens is 1. The summed E-state index contributed by atoms with van der Waals surface area (Å²) >= 11 is 6.24. The number of hydrogen-bond donors (Lipinski definition) is 0. The quantitative estimate of drug-likeness (QED) is 0.252. The number of hydrogen-bond acceptors (Lipinski definition) is 4. The number of aromatic nitrogens is 1. The second-order valence-corrected chi connectivity index (χ2v) is 12.4. The van der Waals surface area contributed by atoms with Gasteiger partial charge in [0, 0.05) is 41.6 Å². The minimum absolute atomic E-state index is 0.0417. The van der Waals surface area contributed by atoms with Gasteiger partial charge < -0.3 is 14.0 Å². The molecule has 0 spiro atoms. The Morgan fingerprint density at radius 3 is 2.39 bits per heavy atom. The van der Waals surface area contributed by atoms with Crippen molar-refractivity contribution in [2.24, 2.45) is 5.41 Å². The lowest BCUT2D eigenvalue weighted by molar-refractivity contribution is -0.116. The van der Waals surface area contributed by atoms with E-state index in [1.165, 1.54) is 54.3 Å². The van der Waals surface area contributed by atoms with Crippen molar-refractivity contribution in [2.45, 2.75) is 83.3 Å². The zero-order valence-corrected chi connectivity index (χ0v) is 23.9. The van der Waals surface area contributed by atoms with Crippen LogP contribution in [0.3, 0.4) is 0 Å². The average molecular weight is 536 g/mol. The normalized spacial score (nSPS) is 22.3. The summed E-state index contributed by atoms with van der Waals surface area (Å²) in [6.07, 6.45) is 7.78. The van der Waals surface area contributed by atoms with Gasteiger partial charge in [0.15, 0.2) is 0 Å². The van der Waals surface area contributed by atoms with Gasteiger partial charge in [0.2, 0.25) is 5.24 Å². The summed E-state index contributed by atoms with van der Waals surface area (Å²) < 4.78 is 12.8. The number of nitrogens with zero attached hydrogens (tertiary/aromatic N) is 1. The summed E-state index contributed by atoms with van der Waals surface area (Å²) in [6, 6.07) is 12.3. The van der Waals surface area contributed by atoms with E-state index in [9.17, 15) is 9.59 Å². The fraction of sp³-hybridized carbons (Fsp3) is 0.500. The Kier molecular flexibility index (Phi) is 7.21. The van der Waals surface area contributed by atoms with Crippen LogP contribution < -0.4 is 4.74 Å². The molecule has 0 N–H and O–H groups in total. The molecule has 2 unspecified atom stereocenters. The molecule has 202 valence electrons. The molecular weight excluding hydrogens is 498 g/mol. The number of ether oxygens (including phenoxy) is 2. The molecule has 0 radical (unpaired) electrons. The summed E-state index contributed by atoms with van der Waals surface area (Å²) in [5.41, 5.74) is 6.06. The van der Waals surface area contributed by atoms with Crippen LogP contribution in [0.5, 0.6) is 5.75 Å². The SMILES string of the molecule is COC(C)(C)C.COc1ccc2c(c1)C1CC1(C(=O)Cl)Cn1c-2c(C2CCCCC2)c2ccc(C=O)cc21. The first kappa shape index (κ1) is 27.0. The van der Waals surface area contributed by atoms with Crippen LogP contribution >= 0.6 is 11.6 Å². The Hall–Kier alpha value is -2.63. The molecule has 0 saturated heterocycles. The third kappa shape index (κ3) is 4.69. The summed E-state index contributed by atoms with van der Waals surface area (Å²) in [6.45, 7) is 6.62. The van der Waals surface area contributed by atoms with Crippen LogP contribution in [-0.2, 0) is 16.1 Å². The van der Waals surface area contributed by atoms with Gasteiger partial charge in [0.25, 0.3) is 0 Å². The van der Waals surface area contributed by atoms with Crippen molar-refractivity contribution in [1.29, 1.82) is 0 Å². The molecule has 5 nitrogen and oxygen atoms in total. The van der Waals surface area contributed by atoms with E-state index in [0.29, 0.717) is 18.0 Å². The second kappa shape index (κ2) is 10.2. The Morgan fingerprint density at radius 1 is 1.08 bits per heavy atom. The topological polar surface area (TPSA) is 57.5 Å². The molecule has 2 heterocycles. The van der Waals surface area contributed by atoms with Crippen LogP contribution in [0.1, 0.15) is 92.6 Å². The van der Waals surface area contributed by atoms with E-state index < -0.39 is 5.41 Å². The van der Waals surface area contributed by atoms with E-state index in [1.54, 1.807) is 14.2 Å². The molecule has 0 bridgehead atoms. The molecule has 2 aromatic carbocycles. The highest BCUT2D eigenvalue weighted by atomic mass is 35.5. The molecule has 2 saturated carbocycles. The van der Waals surface area contributed by atoms with Gasteiger partial charge in [-0.05, 0) is 92.9 Å². The summed E-state index contributed by atoms with van der Waals surface area (Å²) in [4.78, 5) is 24.3. The molecule has 3 aromatic rings. The van der Waals surface area contributed by atoms with Crippen LogP contribution in [0, 0.1) is 5.41 Å². The molecule has 2 aliphatic carbocycles. The Labute approximate surface area is 230 Å². The lowest BCUT2D eigenvalue weighted by Gasteiger charge is -2.24. The van der Waals surface area contributed by atoms with E-state index in [2.05, 4.69) is 22.8 Å². The van der Waals surface area contributed by atoms with Crippen molar-refractivity contribution in [3.05, 3.63) is 53.1 Å². The monoisotopic (exact) mass is 535 g/mol. The molecule has 6 rings (SSSR count). The number of benzene rings is 2. The van der Waals surface area contributed by atoms with Crippen LogP contribution in [0.4, 0.5) is 0 Å². The molecule has 2 atom stereocenters. The third-order valence-electron chi connectivity index (χ3n) is 8.69. The fourth-order valence-electron chi connectivity index (χ4n) is 6.35. The van der Waals surface area contributed by atoms with Crippen molar-refractivity contribution >= 4 is 34.0 Å². The highest BCUT2D eigenvalue weighted by molar-refractivity contribution is 6.65. The maximum atomic E-state index is 12.7. The van der Waals surface area contributed by atoms with E-state index in [-0.39, 0.29) is 16.8 Å². The number of carbonyl (C=O) groups is 2. The lowest BCUT2D eigenvalue weighted by Crippen LogP contribution is -2.19. The molecule has 0 amide bonds. The molecule has 1 aliphatic heterocycles. The fourth-order valence-corrected chi connectivity index (χ4v) is 6.62. The Balaban J connectivity index is 0.000000443. The van der Waals surface area contributed by atoms with Crippen LogP contribution in [-0.4, -0.2) is 35.9 Å². The zero-order chi connectivity index (χ0) is 27.2. The first-order valence-electron chi connectivity index (χ1n) is 13.7. The molecule has 6 heteroatoms. The summed E-state index contributed by atoms with van der Waals surface area (Å²) in [7, 11) is 3.39. The van der Waals surface area contributed by atoms with E-state index in [0.717, 1.165) is 29.5 Å². The number of rotatable bonds is 4. The van der Waals surface area contributed by atoms with Crippen molar-refractivity contribution in [2.75, 3.05) is 14.2 Å². The minimum Gasteiger partial charge on any atom is -0.497 e. The third-order valence-corrected chi connectivity index (χ3v) is 9.06. The maximum Gasteiger partial charge on any atom is 0.230 e. The van der Waals surface area contributed by atoms with E-state index in [4.69, 9.17) is 21.1 Å². The van der Waals surface area contributed by atoms with Gasteiger partial charge in [-0.1, -0.05) is 31.4 Å². The largest absolute Gasteiger partial charge is 0.497 e. The molecule has 38 heavy (non-hydrogen) atoms. The van der Waals surface area contributed by atoms with Crippen molar-refractivity contribution in [1.82, 2.24) is 4.57 Å². The van der Waals surface area contributed by atoms with Gasteiger partial charge in [-0.15, -0.1) is 0 Å². The van der Waals surface area contributed by atoms with Gasteiger partial charge in [0.05, 0.1) is 23.8 Å². The van der Waals surface area contributed by atoms with Crippen LogP contribution in [0.25, 0.3) is 22.2 Å². The molecule has 3 aliphatic rings. The summed E-state index contributed by atoms with van der Waals surface area (Å²) in [5.74, 6) is 1.39. The van der Waals surface area contributed by atoms with Crippen LogP contribution in [0.15, 0.2) is 36.4 Å². The van der Waals surface area contributed by atoms with Crippen molar-refractivity contribution < 1.29 is 19.1 Å². The zero-order valence-electron chi connectivity index (χ0n) is 23.1. The number of aldehydes is 1. The number of carbonyl (C=O) groups excluding carboxylic acids is 2. The number of methoxy groups -OCH3 is 2. The smallest absolute Gasteiger partial charge is 0.230 e. The molecular formula is C32H38ClNO4. The maximum absolute atomic E-state index is 12.7. The first-order chi connectivity index (χ1) is 18.1. The van der Waals surface area contributed by atoms with Crippen molar-refractivity contribution in [3.63, 3.8) is 0 Å². The van der Waals surface area contributed by atoms with Gasteiger partial charge >= 0.3 is 0 Å². The average Bonchev–Trinajstić information content (AvgIpc) is 3.59. The lowest BCUT2D eigenvalue weighted by atomic mass is 9.81. The van der Waals surface area contributed by atoms with Gasteiger partial charge in [-0.2, -0.15) is 0 Å². The van der Waals surface area contributed by atoms with Crippen molar-refractivity contribution in [3.8, 4) is 17.0 Å². The van der Waals surface area contributed by atoms with E-state index in [1.807, 2.05) is 39.0 Å².